The van der Waals surface area contributed by atoms with Crippen LogP contribution in [0.15, 0.2) is 119 Å². The molecule has 5 aliphatic rings. The summed E-state index contributed by atoms with van der Waals surface area (Å²) in [5.41, 5.74) is 11.3. The Morgan fingerprint density at radius 1 is 0.806 bits per heavy atom. The Hall–Kier alpha value is -4.11. The molecule has 0 saturated carbocycles. The number of allylic oxidation sites excluding steroid dienone is 14. The molecule has 0 fully saturated rings. The van der Waals surface area contributed by atoms with E-state index < -0.39 is 0 Å². The van der Waals surface area contributed by atoms with Gasteiger partial charge in [-0.2, -0.15) is 0 Å². The highest BCUT2D eigenvalue weighted by molar-refractivity contribution is 5.88. The molecule has 3 nitrogen and oxygen atoms in total. The average molecular weight is 467 g/mol. The van der Waals surface area contributed by atoms with Crippen LogP contribution in [0.4, 0.5) is 0 Å². The summed E-state index contributed by atoms with van der Waals surface area (Å²) < 4.78 is 8.43. The summed E-state index contributed by atoms with van der Waals surface area (Å²) in [5, 5.41) is 0. The predicted molar refractivity (Wildman–Crippen MR) is 146 cm³/mol. The van der Waals surface area contributed by atoms with E-state index in [-0.39, 0.29) is 5.54 Å². The summed E-state index contributed by atoms with van der Waals surface area (Å²) in [6.45, 7) is 5.07. The summed E-state index contributed by atoms with van der Waals surface area (Å²) in [4.78, 5) is 5.05. The predicted octanol–water partition coefficient (Wildman–Crippen LogP) is 7.32. The lowest BCUT2D eigenvalue weighted by atomic mass is 9.63. The van der Waals surface area contributed by atoms with Gasteiger partial charge >= 0.3 is 0 Å². The van der Waals surface area contributed by atoms with Crippen LogP contribution in [-0.2, 0) is 5.54 Å². The van der Waals surface area contributed by atoms with Crippen molar-refractivity contribution in [2.24, 2.45) is 11.8 Å². The van der Waals surface area contributed by atoms with Crippen LogP contribution < -0.4 is 4.74 Å². The maximum absolute atomic E-state index is 6.07. The molecular formula is C33H26N2O. The number of para-hydroxylation sites is 1. The quantitative estimate of drug-likeness (QED) is 0.396. The van der Waals surface area contributed by atoms with Gasteiger partial charge in [0.15, 0.2) is 0 Å². The normalized spacial score (nSPS) is 24.2. The van der Waals surface area contributed by atoms with Crippen LogP contribution in [0.2, 0.25) is 0 Å². The lowest BCUT2D eigenvalue weighted by Crippen LogP contribution is -2.36. The topological polar surface area (TPSA) is 27.1 Å². The molecule has 174 valence electrons. The third-order valence-corrected chi connectivity index (χ3v) is 8.28. The van der Waals surface area contributed by atoms with Crippen molar-refractivity contribution in [3.63, 3.8) is 0 Å². The lowest BCUT2D eigenvalue weighted by molar-refractivity contribution is 0.173. The molecule has 36 heavy (non-hydrogen) atoms. The first-order valence-electron chi connectivity index (χ1n) is 12.7. The Bertz CT molecular complexity index is 1700. The third-order valence-electron chi connectivity index (χ3n) is 8.28. The smallest absolute Gasteiger partial charge is 0.145 e. The van der Waals surface area contributed by atoms with E-state index in [9.17, 15) is 0 Å². The van der Waals surface area contributed by atoms with E-state index in [1.54, 1.807) is 0 Å². The molecule has 0 radical (unpaired) electrons. The van der Waals surface area contributed by atoms with E-state index in [4.69, 9.17) is 9.72 Å². The fourth-order valence-electron chi connectivity index (χ4n) is 6.58. The molecule has 2 atom stereocenters. The maximum atomic E-state index is 6.07. The molecule has 0 saturated heterocycles. The van der Waals surface area contributed by atoms with Crippen LogP contribution in [0.3, 0.4) is 0 Å². The van der Waals surface area contributed by atoms with Crippen LogP contribution in [0.5, 0.6) is 5.75 Å². The van der Waals surface area contributed by atoms with E-state index in [1.165, 1.54) is 33.4 Å². The molecule has 2 unspecified atom stereocenters. The fourth-order valence-corrected chi connectivity index (χ4v) is 6.58. The van der Waals surface area contributed by atoms with Crippen molar-refractivity contribution in [1.82, 2.24) is 9.55 Å². The van der Waals surface area contributed by atoms with E-state index in [0.717, 1.165) is 28.2 Å². The first-order chi connectivity index (χ1) is 17.6. The Kier molecular flexibility index (Phi) is 3.90. The Morgan fingerprint density at radius 2 is 1.56 bits per heavy atom. The molecule has 4 aliphatic carbocycles. The van der Waals surface area contributed by atoms with Gasteiger partial charge in [0, 0.05) is 17.4 Å². The minimum absolute atomic E-state index is 0.171. The highest BCUT2D eigenvalue weighted by atomic mass is 16.5. The van der Waals surface area contributed by atoms with Gasteiger partial charge in [-0.3, -0.25) is 0 Å². The summed E-state index contributed by atoms with van der Waals surface area (Å²) in [7, 11) is 0. The molecule has 0 N–H and O–H groups in total. The number of nitrogens with zero attached hydrogens (tertiary/aromatic N) is 2. The number of ether oxygens (including phenoxy) is 1. The molecule has 0 amide bonds. The zero-order valence-corrected chi connectivity index (χ0v) is 20.4. The van der Waals surface area contributed by atoms with Crippen molar-refractivity contribution in [2.75, 3.05) is 6.61 Å². The number of imidazole rings is 1. The summed E-state index contributed by atoms with van der Waals surface area (Å²) >= 11 is 0. The second kappa shape index (κ2) is 6.98. The van der Waals surface area contributed by atoms with Gasteiger partial charge in [0.1, 0.15) is 23.7 Å². The van der Waals surface area contributed by atoms with Gasteiger partial charge in [-0.15, -0.1) is 0 Å². The van der Waals surface area contributed by atoms with Crippen molar-refractivity contribution in [3.05, 3.63) is 125 Å². The summed E-state index contributed by atoms with van der Waals surface area (Å²) in [6.07, 6.45) is 20.6. The summed E-state index contributed by atoms with van der Waals surface area (Å²) in [5.74, 6) is 2.74. The minimum atomic E-state index is -0.171. The van der Waals surface area contributed by atoms with E-state index in [2.05, 4.69) is 103 Å². The number of hydrogen-bond acceptors (Lipinski definition) is 2. The van der Waals surface area contributed by atoms with Crippen LogP contribution in [0, 0.1) is 11.8 Å². The van der Waals surface area contributed by atoms with Crippen LogP contribution in [0.1, 0.15) is 19.4 Å². The second-order valence-electron chi connectivity index (χ2n) is 10.9. The molecule has 3 heteroatoms. The van der Waals surface area contributed by atoms with Crippen molar-refractivity contribution < 1.29 is 4.74 Å². The lowest BCUT2D eigenvalue weighted by Gasteiger charge is -2.40. The molecule has 2 heterocycles. The molecule has 0 bridgehead atoms. The van der Waals surface area contributed by atoms with Gasteiger partial charge in [-0.1, -0.05) is 85.0 Å². The van der Waals surface area contributed by atoms with Gasteiger partial charge in [0.25, 0.3) is 0 Å². The monoisotopic (exact) mass is 466 g/mol. The van der Waals surface area contributed by atoms with Crippen molar-refractivity contribution >= 4 is 16.6 Å². The minimum Gasteiger partial charge on any atom is -0.489 e. The number of benzene rings is 2. The molecule has 0 spiro atoms. The first kappa shape index (κ1) is 20.1. The van der Waals surface area contributed by atoms with E-state index >= 15 is 0 Å². The number of aromatic nitrogens is 2. The van der Waals surface area contributed by atoms with Gasteiger partial charge in [0.2, 0.25) is 0 Å². The maximum Gasteiger partial charge on any atom is 0.145 e. The molecule has 3 aromatic rings. The Labute approximate surface area is 210 Å². The van der Waals surface area contributed by atoms with E-state index in [0.29, 0.717) is 18.4 Å². The largest absolute Gasteiger partial charge is 0.489 e. The molecule has 2 aromatic carbocycles. The van der Waals surface area contributed by atoms with Gasteiger partial charge in [0.05, 0.1) is 11.1 Å². The average Bonchev–Trinajstić information content (AvgIpc) is 3.32. The van der Waals surface area contributed by atoms with Crippen LogP contribution in [-0.4, -0.2) is 16.2 Å². The Balaban J connectivity index is 1.24. The van der Waals surface area contributed by atoms with Gasteiger partial charge in [-0.25, -0.2) is 4.98 Å². The second-order valence-corrected chi connectivity index (χ2v) is 10.9. The molecule has 8 rings (SSSR count). The highest BCUT2D eigenvalue weighted by Gasteiger charge is 2.38. The SMILES string of the molecule is CC1(C)COc2cccc3nc(-c4ccc(C5=C6C=CC7=CC=CC8=CC=C(C=C5)C6C78)cc4)n1c23. The zero-order valence-electron chi connectivity index (χ0n) is 20.4. The van der Waals surface area contributed by atoms with Crippen LogP contribution >= 0.6 is 0 Å². The highest BCUT2D eigenvalue weighted by Crippen LogP contribution is 2.51. The number of hydrogen-bond donors (Lipinski definition) is 0. The van der Waals surface area contributed by atoms with Crippen molar-refractivity contribution in [2.45, 2.75) is 19.4 Å². The molecule has 1 aromatic heterocycles. The van der Waals surface area contributed by atoms with E-state index in [1.807, 2.05) is 12.1 Å². The first-order valence-corrected chi connectivity index (χ1v) is 12.7. The fraction of sp³-hybridized carbons (Fsp3) is 0.182. The van der Waals surface area contributed by atoms with Gasteiger partial charge in [-0.05, 0) is 59.4 Å². The molecule has 1 aliphatic heterocycles. The zero-order chi connectivity index (χ0) is 24.0. The standard InChI is InChI=1S/C33H26N2O/c1-33(2)19-36-28-8-4-7-27-31(28)35(33)32(34-27)24-13-9-20(10-14-24)25-17-15-23-12-11-21-5-3-6-22-16-18-26(25)30(23)29(21)22/h3-18,29-30H,19H2,1-2H3. The van der Waals surface area contributed by atoms with Crippen LogP contribution in [0.25, 0.3) is 28.0 Å². The van der Waals surface area contributed by atoms with Gasteiger partial charge < -0.3 is 9.30 Å². The molecular weight excluding hydrogens is 440 g/mol. The summed E-state index contributed by atoms with van der Waals surface area (Å²) in [6, 6.07) is 15.1. The Morgan fingerprint density at radius 3 is 2.42 bits per heavy atom. The number of rotatable bonds is 2. The third kappa shape index (κ3) is 2.66. The van der Waals surface area contributed by atoms with Crippen molar-refractivity contribution in [3.8, 4) is 17.1 Å². The van der Waals surface area contributed by atoms with Crippen molar-refractivity contribution in [1.29, 1.82) is 0 Å².